The summed E-state index contributed by atoms with van der Waals surface area (Å²) in [5.74, 6) is 1.52. The van der Waals surface area contributed by atoms with Crippen LogP contribution >= 0.6 is 15.9 Å². The molecule has 0 saturated heterocycles. The van der Waals surface area contributed by atoms with Crippen LogP contribution in [-0.4, -0.2) is 0 Å². The summed E-state index contributed by atoms with van der Waals surface area (Å²) in [6, 6.07) is 11.1. The second-order valence-corrected chi connectivity index (χ2v) is 5.69. The Hall–Kier alpha value is -1.35. The largest absolute Gasteiger partial charge is 0.457 e. The van der Waals surface area contributed by atoms with Gasteiger partial charge >= 0.3 is 0 Å². The highest BCUT2D eigenvalue weighted by Crippen LogP contribution is 2.32. The molecule has 2 aromatic rings. The van der Waals surface area contributed by atoms with Crippen molar-refractivity contribution in [1.82, 2.24) is 0 Å². The maximum Gasteiger partial charge on any atom is 0.134 e. The second-order valence-electron chi connectivity index (χ2n) is 5.13. The van der Waals surface area contributed by atoms with Crippen LogP contribution in [-0.2, 0) is 5.33 Å². The molecule has 0 unspecified atom stereocenters. The van der Waals surface area contributed by atoms with Gasteiger partial charge in [0.15, 0.2) is 0 Å². The van der Waals surface area contributed by atoms with Gasteiger partial charge in [0.05, 0.1) is 0 Å². The molecule has 20 heavy (non-hydrogen) atoms. The number of alkyl halides is 1. The van der Waals surface area contributed by atoms with E-state index in [-0.39, 0.29) is 5.82 Å². The van der Waals surface area contributed by atoms with Crippen LogP contribution in [0, 0.1) is 12.7 Å². The van der Waals surface area contributed by atoms with E-state index in [1.807, 2.05) is 19.1 Å². The molecule has 0 aliphatic heterocycles. The lowest BCUT2D eigenvalue weighted by molar-refractivity contribution is 0.466. The van der Waals surface area contributed by atoms with Crippen LogP contribution < -0.4 is 4.74 Å². The topological polar surface area (TPSA) is 9.23 Å². The van der Waals surface area contributed by atoms with Gasteiger partial charge in [0.1, 0.15) is 17.3 Å². The first kappa shape index (κ1) is 15.0. The van der Waals surface area contributed by atoms with E-state index in [9.17, 15) is 4.39 Å². The van der Waals surface area contributed by atoms with Crippen molar-refractivity contribution in [2.75, 3.05) is 0 Å². The summed E-state index contributed by atoms with van der Waals surface area (Å²) in [4.78, 5) is 0. The number of hydrogen-bond donors (Lipinski definition) is 0. The van der Waals surface area contributed by atoms with Gasteiger partial charge in [-0.05, 0) is 42.2 Å². The molecule has 0 N–H and O–H groups in total. The zero-order valence-corrected chi connectivity index (χ0v) is 13.5. The number of benzene rings is 2. The molecule has 0 atom stereocenters. The fourth-order valence-corrected chi connectivity index (χ4v) is 2.51. The Kier molecular flexibility index (Phi) is 4.81. The van der Waals surface area contributed by atoms with Crippen molar-refractivity contribution in [2.45, 2.75) is 32.0 Å². The normalized spacial score (nSPS) is 10.9. The van der Waals surface area contributed by atoms with Crippen LogP contribution in [0.3, 0.4) is 0 Å². The Morgan fingerprint density at radius 2 is 1.90 bits per heavy atom. The standard InChI is InChI=1S/C17H18BrFO/c1-11(2)13-8-7-12(3)17(9-13)20-16-6-4-5-15(19)14(16)10-18/h4-9,11H,10H2,1-3H3. The average Bonchev–Trinajstić information content (AvgIpc) is 2.41. The fraction of sp³-hybridized carbons (Fsp3) is 0.294. The van der Waals surface area contributed by atoms with Crippen LogP contribution in [0.4, 0.5) is 4.39 Å². The van der Waals surface area contributed by atoms with E-state index in [2.05, 4.69) is 35.8 Å². The smallest absolute Gasteiger partial charge is 0.134 e. The Morgan fingerprint density at radius 3 is 2.55 bits per heavy atom. The quantitative estimate of drug-likeness (QED) is 0.627. The van der Waals surface area contributed by atoms with Crippen molar-refractivity contribution < 1.29 is 9.13 Å². The molecule has 0 amide bonds. The summed E-state index contributed by atoms with van der Waals surface area (Å²) in [5, 5.41) is 0.428. The lowest BCUT2D eigenvalue weighted by Gasteiger charge is -2.14. The van der Waals surface area contributed by atoms with E-state index in [4.69, 9.17) is 4.74 Å². The summed E-state index contributed by atoms with van der Waals surface area (Å²) < 4.78 is 19.7. The molecule has 0 aliphatic rings. The number of ether oxygens (including phenoxy) is 1. The number of aryl methyl sites for hydroxylation is 1. The highest BCUT2D eigenvalue weighted by Gasteiger charge is 2.11. The van der Waals surface area contributed by atoms with Crippen molar-refractivity contribution in [3.05, 3.63) is 58.9 Å². The lowest BCUT2D eigenvalue weighted by Crippen LogP contribution is -1.96. The van der Waals surface area contributed by atoms with Gasteiger partial charge < -0.3 is 4.74 Å². The molecule has 1 nitrogen and oxygen atoms in total. The lowest BCUT2D eigenvalue weighted by atomic mass is 10.0. The predicted octanol–water partition coefficient (Wildman–Crippen LogP) is 5.94. The molecule has 2 rings (SSSR count). The highest BCUT2D eigenvalue weighted by molar-refractivity contribution is 9.08. The average molecular weight is 337 g/mol. The van der Waals surface area contributed by atoms with Crippen molar-refractivity contribution >= 4 is 15.9 Å². The van der Waals surface area contributed by atoms with Crippen LogP contribution in [0.2, 0.25) is 0 Å². The third-order valence-electron chi connectivity index (χ3n) is 3.31. The van der Waals surface area contributed by atoms with Gasteiger partial charge in [-0.2, -0.15) is 0 Å². The third-order valence-corrected chi connectivity index (χ3v) is 3.87. The van der Waals surface area contributed by atoms with Crippen molar-refractivity contribution in [2.24, 2.45) is 0 Å². The molecular weight excluding hydrogens is 319 g/mol. The summed E-state index contributed by atoms with van der Waals surface area (Å²) in [6.07, 6.45) is 0. The minimum Gasteiger partial charge on any atom is -0.457 e. The van der Waals surface area contributed by atoms with Crippen molar-refractivity contribution in [3.63, 3.8) is 0 Å². The van der Waals surface area contributed by atoms with Gasteiger partial charge in [0.25, 0.3) is 0 Å². The Balaban J connectivity index is 2.39. The molecule has 0 fully saturated rings. The monoisotopic (exact) mass is 336 g/mol. The molecule has 3 heteroatoms. The van der Waals surface area contributed by atoms with Crippen LogP contribution in [0.5, 0.6) is 11.5 Å². The van der Waals surface area contributed by atoms with Gasteiger partial charge in [0.2, 0.25) is 0 Å². The van der Waals surface area contributed by atoms with Gasteiger partial charge in [-0.15, -0.1) is 0 Å². The maximum atomic E-state index is 13.8. The van der Waals surface area contributed by atoms with E-state index in [0.29, 0.717) is 22.6 Å². The summed E-state index contributed by atoms with van der Waals surface area (Å²) in [5.41, 5.74) is 2.79. The summed E-state index contributed by atoms with van der Waals surface area (Å²) in [6.45, 7) is 6.27. The SMILES string of the molecule is Cc1ccc(C(C)C)cc1Oc1cccc(F)c1CBr. The zero-order valence-electron chi connectivity index (χ0n) is 11.9. The first-order valence-corrected chi connectivity index (χ1v) is 7.76. The predicted molar refractivity (Wildman–Crippen MR) is 84.4 cm³/mol. The second kappa shape index (κ2) is 6.40. The molecule has 106 valence electrons. The van der Waals surface area contributed by atoms with E-state index < -0.39 is 0 Å². The Bertz CT molecular complexity index is 608. The summed E-state index contributed by atoms with van der Waals surface area (Å²) in [7, 11) is 0. The number of rotatable bonds is 4. The molecular formula is C17H18BrFO. The fourth-order valence-electron chi connectivity index (χ4n) is 1.97. The first-order valence-electron chi connectivity index (χ1n) is 6.64. The first-order chi connectivity index (χ1) is 9.52. The molecule has 0 aromatic heterocycles. The minimum atomic E-state index is -0.253. The van der Waals surface area contributed by atoms with E-state index in [1.165, 1.54) is 11.6 Å². The summed E-state index contributed by atoms with van der Waals surface area (Å²) >= 11 is 3.31. The van der Waals surface area contributed by atoms with Gasteiger partial charge in [-0.3, -0.25) is 0 Å². The van der Waals surface area contributed by atoms with Crippen molar-refractivity contribution in [3.8, 4) is 11.5 Å². The number of halogens is 2. The molecule has 2 aromatic carbocycles. The third kappa shape index (κ3) is 3.21. The van der Waals surface area contributed by atoms with Crippen molar-refractivity contribution in [1.29, 1.82) is 0 Å². The Morgan fingerprint density at radius 1 is 1.15 bits per heavy atom. The van der Waals surface area contributed by atoms with Crippen LogP contribution in [0.1, 0.15) is 36.5 Å². The Labute approximate surface area is 127 Å². The van der Waals surface area contributed by atoms with E-state index >= 15 is 0 Å². The highest BCUT2D eigenvalue weighted by atomic mass is 79.9. The van der Waals surface area contributed by atoms with E-state index in [1.54, 1.807) is 12.1 Å². The molecule has 0 saturated carbocycles. The molecule has 0 bridgehead atoms. The molecule has 0 aliphatic carbocycles. The zero-order chi connectivity index (χ0) is 14.7. The van der Waals surface area contributed by atoms with E-state index in [0.717, 1.165) is 11.3 Å². The van der Waals surface area contributed by atoms with Crippen LogP contribution in [0.25, 0.3) is 0 Å². The molecule has 0 radical (unpaired) electrons. The molecule has 0 heterocycles. The maximum absolute atomic E-state index is 13.8. The molecule has 0 spiro atoms. The van der Waals surface area contributed by atoms with Crippen LogP contribution in [0.15, 0.2) is 36.4 Å². The van der Waals surface area contributed by atoms with Gasteiger partial charge in [-0.1, -0.05) is 48.0 Å². The number of hydrogen-bond acceptors (Lipinski definition) is 1. The minimum absolute atomic E-state index is 0.253. The van der Waals surface area contributed by atoms with Gasteiger partial charge in [0, 0.05) is 10.9 Å². The van der Waals surface area contributed by atoms with Gasteiger partial charge in [-0.25, -0.2) is 4.39 Å².